The number of nitrogens with zero attached hydrogens (tertiary/aromatic N) is 2. The van der Waals surface area contributed by atoms with Crippen molar-refractivity contribution in [3.8, 4) is 12.1 Å². The van der Waals surface area contributed by atoms with Gasteiger partial charge in [0.1, 0.15) is 12.1 Å². The van der Waals surface area contributed by atoms with Crippen LogP contribution in [0.2, 0.25) is 0 Å². The number of nitrogens with one attached hydrogen (secondary N) is 1. The Bertz CT molecular complexity index is 558. The second-order valence-electron chi connectivity index (χ2n) is 5.02. The number of amides is 1. The quantitative estimate of drug-likeness (QED) is 0.858. The molecule has 0 aliphatic heterocycles. The average molecular weight is 256 g/mol. The van der Waals surface area contributed by atoms with E-state index < -0.39 is 0 Å². The highest BCUT2D eigenvalue weighted by molar-refractivity contribution is 5.91. The number of benzene rings is 1. The van der Waals surface area contributed by atoms with Gasteiger partial charge in [0.2, 0.25) is 5.91 Å². The van der Waals surface area contributed by atoms with Crippen molar-refractivity contribution in [1.29, 1.82) is 10.5 Å². The highest BCUT2D eigenvalue weighted by Crippen LogP contribution is 2.15. The van der Waals surface area contributed by atoms with Crippen LogP contribution in [0.1, 0.15) is 37.8 Å². The summed E-state index contributed by atoms with van der Waals surface area (Å²) in [6.45, 7) is 3.71. The Labute approximate surface area is 112 Å². The molecule has 5 nitrogen and oxygen atoms in total. The monoisotopic (exact) mass is 256 g/mol. The number of hydrogen-bond acceptors (Lipinski definition) is 4. The molecule has 0 bridgehead atoms. The van der Waals surface area contributed by atoms with E-state index in [1.807, 2.05) is 26.0 Å². The Morgan fingerprint density at radius 1 is 1.32 bits per heavy atom. The second-order valence-corrected chi connectivity index (χ2v) is 5.02. The molecule has 98 valence electrons. The highest BCUT2D eigenvalue weighted by Gasteiger charge is 2.13. The first-order valence-electron chi connectivity index (χ1n) is 5.89. The zero-order chi connectivity index (χ0) is 14.5. The van der Waals surface area contributed by atoms with Crippen molar-refractivity contribution in [3.05, 3.63) is 29.3 Å². The molecule has 1 aromatic carbocycles. The molecule has 0 saturated carbocycles. The summed E-state index contributed by atoms with van der Waals surface area (Å²) in [5, 5.41) is 20.4. The SMILES string of the molecule is CC(C)(N)CCC(=O)Nc1ccc(C#N)c(C#N)c1. The van der Waals surface area contributed by atoms with Crippen LogP contribution in [0.25, 0.3) is 0 Å². The van der Waals surface area contributed by atoms with E-state index in [4.69, 9.17) is 16.3 Å². The van der Waals surface area contributed by atoms with Crippen LogP contribution < -0.4 is 11.1 Å². The zero-order valence-electron chi connectivity index (χ0n) is 11.0. The summed E-state index contributed by atoms with van der Waals surface area (Å²) in [6, 6.07) is 8.45. The van der Waals surface area contributed by atoms with E-state index in [-0.39, 0.29) is 17.0 Å². The molecule has 3 N–H and O–H groups in total. The van der Waals surface area contributed by atoms with Crippen molar-refractivity contribution in [3.63, 3.8) is 0 Å². The van der Waals surface area contributed by atoms with E-state index in [1.165, 1.54) is 12.1 Å². The Balaban J connectivity index is 2.71. The minimum atomic E-state index is -0.389. The molecular weight excluding hydrogens is 240 g/mol. The Morgan fingerprint density at radius 3 is 2.47 bits per heavy atom. The topological polar surface area (TPSA) is 103 Å². The summed E-state index contributed by atoms with van der Waals surface area (Å²) in [7, 11) is 0. The first kappa shape index (κ1) is 14.7. The van der Waals surface area contributed by atoms with Crippen molar-refractivity contribution in [2.45, 2.75) is 32.2 Å². The van der Waals surface area contributed by atoms with Crippen LogP contribution in [-0.2, 0) is 4.79 Å². The summed E-state index contributed by atoms with van der Waals surface area (Å²) in [5.41, 5.74) is 6.47. The lowest BCUT2D eigenvalue weighted by molar-refractivity contribution is -0.116. The molecule has 0 unspecified atom stereocenters. The molecule has 0 aliphatic carbocycles. The van der Waals surface area contributed by atoms with Gasteiger partial charge in [-0.05, 0) is 38.5 Å². The molecule has 0 saturated heterocycles. The number of anilines is 1. The Morgan fingerprint density at radius 2 is 1.95 bits per heavy atom. The molecular formula is C14H16N4O. The van der Waals surface area contributed by atoms with Crippen LogP contribution in [0.15, 0.2) is 18.2 Å². The fourth-order valence-electron chi connectivity index (χ4n) is 1.47. The van der Waals surface area contributed by atoms with Crippen LogP contribution in [0.3, 0.4) is 0 Å². The van der Waals surface area contributed by atoms with Gasteiger partial charge in [-0.15, -0.1) is 0 Å². The van der Waals surface area contributed by atoms with Crippen LogP contribution in [0.5, 0.6) is 0 Å². The Kier molecular flexibility index (Phi) is 4.63. The van der Waals surface area contributed by atoms with E-state index in [0.717, 1.165) is 0 Å². The maximum absolute atomic E-state index is 11.7. The largest absolute Gasteiger partial charge is 0.326 e. The molecule has 0 radical (unpaired) electrons. The lowest BCUT2D eigenvalue weighted by Crippen LogP contribution is -2.33. The van der Waals surface area contributed by atoms with Crippen LogP contribution >= 0.6 is 0 Å². The molecule has 0 aromatic heterocycles. The van der Waals surface area contributed by atoms with Crippen molar-refractivity contribution in [1.82, 2.24) is 0 Å². The molecule has 1 aromatic rings. The minimum Gasteiger partial charge on any atom is -0.326 e. The third-order valence-electron chi connectivity index (χ3n) is 2.54. The van der Waals surface area contributed by atoms with Crippen molar-refractivity contribution in [2.24, 2.45) is 5.73 Å². The van der Waals surface area contributed by atoms with Gasteiger partial charge in [0.15, 0.2) is 0 Å². The molecule has 5 heteroatoms. The lowest BCUT2D eigenvalue weighted by Gasteiger charge is -2.17. The molecule has 0 atom stereocenters. The van der Waals surface area contributed by atoms with Gasteiger partial charge in [0.25, 0.3) is 0 Å². The van der Waals surface area contributed by atoms with Crippen LogP contribution in [0.4, 0.5) is 5.69 Å². The van der Waals surface area contributed by atoms with E-state index in [9.17, 15) is 4.79 Å². The number of rotatable bonds is 4. The summed E-state index contributed by atoms with van der Waals surface area (Å²) in [4.78, 5) is 11.7. The maximum Gasteiger partial charge on any atom is 0.224 e. The smallest absolute Gasteiger partial charge is 0.224 e. The number of carbonyl (C=O) groups is 1. The highest BCUT2D eigenvalue weighted by atomic mass is 16.1. The molecule has 1 rings (SSSR count). The van der Waals surface area contributed by atoms with Crippen LogP contribution in [0, 0.1) is 22.7 Å². The van der Waals surface area contributed by atoms with Gasteiger partial charge in [-0.2, -0.15) is 10.5 Å². The summed E-state index contributed by atoms with van der Waals surface area (Å²) in [6.07, 6.45) is 0.881. The molecule has 0 heterocycles. The predicted octanol–water partition coefficient (Wildman–Crippen LogP) is 1.89. The van der Waals surface area contributed by atoms with Gasteiger partial charge < -0.3 is 11.1 Å². The summed E-state index contributed by atoms with van der Waals surface area (Å²) in [5.74, 6) is -0.160. The fourth-order valence-corrected chi connectivity index (χ4v) is 1.47. The van der Waals surface area contributed by atoms with Crippen molar-refractivity contribution >= 4 is 11.6 Å². The van der Waals surface area contributed by atoms with Gasteiger partial charge >= 0.3 is 0 Å². The zero-order valence-corrected chi connectivity index (χ0v) is 11.0. The normalized spacial score (nSPS) is 10.4. The fraction of sp³-hybridized carbons (Fsp3) is 0.357. The molecule has 0 spiro atoms. The van der Waals surface area contributed by atoms with Crippen molar-refractivity contribution < 1.29 is 4.79 Å². The van der Waals surface area contributed by atoms with Crippen LogP contribution in [-0.4, -0.2) is 11.4 Å². The van der Waals surface area contributed by atoms with Gasteiger partial charge in [-0.1, -0.05) is 0 Å². The molecule has 19 heavy (non-hydrogen) atoms. The first-order valence-corrected chi connectivity index (χ1v) is 5.89. The van der Waals surface area contributed by atoms with E-state index in [2.05, 4.69) is 5.32 Å². The molecule has 0 aliphatic rings. The molecule has 0 fully saturated rings. The minimum absolute atomic E-state index is 0.160. The predicted molar refractivity (Wildman–Crippen MR) is 72.0 cm³/mol. The second kappa shape index (κ2) is 5.99. The standard InChI is InChI=1S/C14H16N4O/c1-14(2,17)6-5-13(19)18-12-4-3-10(8-15)11(7-12)9-16/h3-4,7H,5-6,17H2,1-2H3,(H,18,19). The number of carbonyl (C=O) groups excluding carboxylic acids is 1. The number of hydrogen-bond donors (Lipinski definition) is 2. The van der Waals surface area contributed by atoms with E-state index in [1.54, 1.807) is 6.07 Å². The lowest BCUT2D eigenvalue weighted by atomic mass is 10.00. The van der Waals surface area contributed by atoms with Gasteiger partial charge in [-0.25, -0.2) is 0 Å². The van der Waals surface area contributed by atoms with Gasteiger partial charge in [0.05, 0.1) is 11.1 Å². The average Bonchev–Trinajstić information content (AvgIpc) is 2.35. The Hall–Kier alpha value is -2.37. The van der Waals surface area contributed by atoms with Crippen molar-refractivity contribution in [2.75, 3.05) is 5.32 Å². The summed E-state index contributed by atoms with van der Waals surface area (Å²) < 4.78 is 0. The van der Waals surface area contributed by atoms with E-state index in [0.29, 0.717) is 24.1 Å². The third-order valence-corrected chi connectivity index (χ3v) is 2.54. The maximum atomic E-state index is 11.7. The van der Waals surface area contributed by atoms with Gasteiger partial charge in [-0.3, -0.25) is 4.79 Å². The summed E-state index contributed by atoms with van der Waals surface area (Å²) >= 11 is 0. The van der Waals surface area contributed by atoms with Gasteiger partial charge in [0, 0.05) is 17.6 Å². The number of nitrogens with two attached hydrogens (primary N) is 1. The van der Waals surface area contributed by atoms with E-state index >= 15 is 0 Å². The number of nitriles is 2. The molecule has 1 amide bonds. The third kappa shape index (κ3) is 4.79. The first-order chi connectivity index (χ1) is 8.85.